The molecular formula is C14H26N2O2. The van der Waals surface area contributed by atoms with Crippen molar-refractivity contribution in [3.05, 3.63) is 0 Å². The number of carbonyl (C=O) groups excluding carboxylic acids is 1. The van der Waals surface area contributed by atoms with E-state index in [4.69, 9.17) is 4.74 Å². The molecule has 0 radical (unpaired) electrons. The molecule has 104 valence electrons. The van der Waals surface area contributed by atoms with Crippen molar-refractivity contribution in [1.29, 1.82) is 0 Å². The maximum atomic E-state index is 11.6. The molecule has 1 heterocycles. The monoisotopic (exact) mass is 254 g/mol. The lowest BCUT2D eigenvalue weighted by atomic mass is 10.1. The molecule has 1 saturated carbocycles. The third kappa shape index (κ3) is 4.25. The maximum absolute atomic E-state index is 11.6. The summed E-state index contributed by atoms with van der Waals surface area (Å²) in [6, 6.07) is 0.357. The van der Waals surface area contributed by atoms with Crippen molar-refractivity contribution >= 4 is 5.91 Å². The molecule has 1 saturated heterocycles. The van der Waals surface area contributed by atoms with Crippen LogP contribution in [0, 0.1) is 5.92 Å². The van der Waals surface area contributed by atoms with Crippen molar-refractivity contribution < 1.29 is 9.53 Å². The Kier molecular flexibility index (Phi) is 5.45. The fourth-order valence-electron chi connectivity index (χ4n) is 3.17. The second-order valence-corrected chi connectivity index (χ2v) is 5.71. The van der Waals surface area contributed by atoms with E-state index < -0.39 is 0 Å². The Morgan fingerprint density at radius 2 is 2.11 bits per heavy atom. The van der Waals surface area contributed by atoms with Gasteiger partial charge < -0.3 is 15.0 Å². The van der Waals surface area contributed by atoms with Crippen LogP contribution in [-0.4, -0.2) is 50.2 Å². The molecule has 1 unspecified atom stereocenters. The summed E-state index contributed by atoms with van der Waals surface area (Å²) in [4.78, 5) is 14.1. The predicted molar refractivity (Wildman–Crippen MR) is 71.4 cm³/mol. The lowest BCUT2D eigenvalue weighted by Gasteiger charge is -2.20. The first-order chi connectivity index (χ1) is 8.78. The van der Waals surface area contributed by atoms with Crippen molar-refractivity contribution in [1.82, 2.24) is 10.2 Å². The van der Waals surface area contributed by atoms with Gasteiger partial charge in [-0.15, -0.1) is 0 Å². The van der Waals surface area contributed by atoms with Gasteiger partial charge in [0.05, 0.1) is 6.61 Å². The normalized spacial score (nSPS) is 25.7. The van der Waals surface area contributed by atoms with Crippen LogP contribution in [0.1, 0.15) is 38.5 Å². The SMILES string of the molecule is COCCC(=O)NC1CCN(CC2CCCC2)C1. The van der Waals surface area contributed by atoms with Gasteiger partial charge in [0, 0.05) is 39.2 Å². The van der Waals surface area contributed by atoms with E-state index in [9.17, 15) is 4.79 Å². The Hall–Kier alpha value is -0.610. The summed E-state index contributed by atoms with van der Waals surface area (Å²) in [5.74, 6) is 1.04. The van der Waals surface area contributed by atoms with Gasteiger partial charge in [0.1, 0.15) is 0 Å². The van der Waals surface area contributed by atoms with Gasteiger partial charge in [0.15, 0.2) is 0 Å². The molecule has 18 heavy (non-hydrogen) atoms. The van der Waals surface area contributed by atoms with Gasteiger partial charge >= 0.3 is 0 Å². The molecule has 2 rings (SSSR count). The Labute approximate surface area is 110 Å². The van der Waals surface area contributed by atoms with Crippen molar-refractivity contribution in [3.63, 3.8) is 0 Å². The zero-order valence-electron chi connectivity index (χ0n) is 11.5. The number of ether oxygens (including phenoxy) is 1. The maximum Gasteiger partial charge on any atom is 0.222 e. The standard InChI is InChI=1S/C14H26N2O2/c1-18-9-7-14(17)15-13-6-8-16(11-13)10-12-4-2-3-5-12/h12-13H,2-11H2,1H3,(H,15,17). The van der Waals surface area contributed by atoms with Crippen LogP contribution >= 0.6 is 0 Å². The van der Waals surface area contributed by atoms with Crippen LogP contribution in [0.15, 0.2) is 0 Å². The topological polar surface area (TPSA) is 41.6 Å². The molecule has 1 atom stereocenters. The number of carbonyl (C=O) groups is 1. The first-order valence-electron chi connectivity index (χ1n) is 7.28. The highest BCUT2D eigenvalue weighted by Crippen LogP contribution is 2.26. The summed E-state index contributed by atoms with van der Waals surface area (Å²) in [6.07, 6.45) is 7.22. The minimum absolute atomic E-state index is 0.129. The number of rotatable bonds is 6. The fourth-order valence-corrected chi connectivity index (χ4v) is 3.17. The average Bonchev–Trinajstić information content (AvgIpc) is 2.99. The molecular weight excluding hydrogens is 228 g/mol. The summed E-state index contributed by atoms with van der Waals surface area (Å²) in [5, 5.41) is 3.11. The summed E-state index contributed by atoms with van der Waals surface area (Å²) < 4.78 is 4.92. The predicted octanol–water partition coefficient (Wildman–Crippen LogP) is 1.40. The molecule has 0 aromatic carbocycles. The number of amides is 1. The van der Waals surface area contributed by atoms with Gasteiger partial charge in [0.2, 0.25) is 5.91 Å². The Morgan fingerprint density at radius 3 is 2.83 bits per heavy atom. The number of likely N-dealkylation sites (tertiary alicyclic amines) is 1. The summed E-state index contributed by atoms with van der Waals surface area (Å²) >= 11 is 0. The lowest BCUT2D eigenvalue weighted by Crippen LogP contribution is -2.38. The first-order valence-corrected chi connectivity index (χ1v) is 7.28. The second kappa shape index (κ2) is 7.10. The van der Waals surface area contributed by atoms with Gasteiger partial charge in [-0.3, -0.25) is 4.79 Å². The molecule has 1 N–H and O–H groups in total. The molecule has 2 aliphatic rings. The van der Waals surface area contributed by atoms with Crippen LogP contribution in [0.25, 0.3) is 0 Å². The Bertz CT molecular complexity index is 265. The number of nitrogens with one attached hydrogen (secondary N) is 1. The first kappa shape index (κ1) is 13.8. The van der Waals surface area contributed by atoms with Crippen LogP contribution in [-0.2, 0) is 9.53 Å². The largest absolute Gasteiger partial charge is 0.384 e. The van der Waals surface area contributed by atoms with Gasteiger partial charge in [-0.25, -0.2) is 0 Å². The van der Waals surface area contributed by atoms with Crippen LogP contribution in [0.2, 0.25) is 0 Å². The van der Waals surface area contributed by atoms with E-state index in [1.165, 1.54) is 32.2 Å². The number of hydrogen-bond acceptors (Lipinski definition) is 3. The van der Waals surface area contributed by atoms with E-state index in [0.717, 1.165) is 25.4 Å². The van der Waals surface area contributed by atoms with E-state index >= 15 is 0 Å². The van der Waals surface area contributed by atoms with Crippen molar-refractivity contribution in [2.24, 2.45) is 5.92 Å². The quantitative estimate of drug-likeness (QED) is 0.779. The average molecular weight is 254 g/mol. The van der Waals surface area contributed by atoms with E-state index in [2.05, 4.69) is 10.2 Å². The van der Waals surface area contributed by atoms with Crippen LogP contribution in [0.5, 0.6) is 0 Å². The summed E-state index contributed by atoms with van der Waals surface area (Å²) in [7, 11) is 1.63. The fraction of sp³-hybridized carbons (Fsp3) is 0.929. The van der Waals surface area contributed by atoms with Crippen molar-refractivity contribution in [3.8, 4) is 0 Å². The minimum Gasteiger partial charge on any atom is -0.384 e. The van der Waals surface area contributed by atoms with Crippen LogP contribution < -0.4 is 5.32 Å². The summed E-state index contributed by atoms with van der Waals surface area (Å²) in [6.45, 7) is 3.94. The summed E-state index contributed by atoms with van der Waals surface area (Å²) in [5.41, 5.74) is 0. The highest BCUT2D eigenvalue weighted by Gasteiger charge is 2.26. The van der Waals surface area contributed by atoms with Gasteiger partial charge in [-0.2, -0.15) is 0 Å². The van der Waals surface area contributed by atoms with E-state index in [1.807, 2.05) is 0 Å². The molecule has 1 aliphatic carbocycles. The number of hydrogen-bond donors (Lipinski definition) is 1. The molecule has 0 spiro atoms. The Balaban J connectivity index is 1.63. The minimum atomic E-state index is 0.129. The third-order valence-electron chi connectivity index (χ3n) is 4.16. The van der Waals surface area contributed by atoms with Crippen LogP contribution in [0.4, 0.5) is 0 Å². The molecule has 4 nitrogen and oxygen atoms in total. The molecule has 0 aromatic heterocycles. The third-order valence-corrected chi connectivity index (χ3v) is 4.16. The molecule has 1 aliphatic heterocycles. The van der Waals surface area contributed by atoms with Crippen LogP contribution in [0.3, 0.4) is 0 Å². The molecule has 2 fully saturated rings. The molecule has 4 heteroatoms. The lowest BCUT2D eigenvalue weighted by molar-refractivity contribution is -0.122. The van der Waals surface area contributed by atoms with E-state index in [1.54, 1.807) is 7.11 Å². The molecule has 1 amide bonds. The van der Waals surface area contributed by atoms with Gasteiger partial charge in [0.25, 0.3) is 0 Å². The second-order valence-electron chi connectivity index (χ2n) is 5.71. The van der Waals surface area contributed by atoms with Crippen molar-refractivity contribution in [2.75, 3.05) is 33.4 Å². The van der Waals surface area contributed by atoms with E-state index in [0.29, 0.717) is 19.1 Å². The molecule has 0 aromatic rings. The van der Waals surface area contributed by atoms with E-state index in [-0.39, 0.29) is 5.91 Å². The smallest absolute Gasteiger partial charge is 0.222 e. The molecule has 0 bridgehead atoms. The zero-order valence-corrected chi connectivity index (χ0v) is 11.5. The highest BCUT2D eigenvalue weighted by atomic mass is 16.5. The zero-order chi connectivity index (χ0) is 12.8. The van der Waals surface area contributed by atoms with Gasteiger partial charge in [-0.05, 0) is 25.2 Å². The van der Waals surface area contributed by atoms with Crippen molar-refractivity contribution in [2.45, 2.75) is 44.6 Å². The number of methoxy groups -OCH3 is 1. The Morgan fingerprint density at radius 1 is 1.33 bits per heavy atom. The number of nitrogens with zero attached hydrogens (tertiary/aromatic N) is 1. The highest BCUT2D eigenvalue weighted by molar-refractivity contribution is 5.76. The van der Waals surface area contributed by atoms with Gasteiger partial charge in [-0.1, -0.05) is 12.8 Å².